The Kier molecular flexibility index (Phi) is 6.44. The van der Waals surface area contributed by atoms with Gasteiger partial charge in [0.15, 0.2) is 0 Å². The second-order valence-electron chi connectivity index (χ2n) is 5.96. The molecule has 0 spiro atoms. The molecule has 1 N–H and O–H groups in total. The lowest BCUT2D eigenvalue weighted by molar-refractivity contribution is -0.122. The fourth-order valence-corrected chi connectivity index (χ4v) is 3.11. The molecule has 26 heavy (non-hydrogen) atoms. The first-order chi connectivity index (χ1) is 12.2. The Balaban J connectivity index is 2.07. The number of carbonyl (C=O) groups is 1. The van der Waals surface area contributed by atoms with Crippen molar-refractivity contribution in [2.24, 2.45) is 0 Å². The van der Waals surface area contributed by atoms with Crippen LogP contribution in [0.3, 0.4) is 0 Å². The van der Waals surface area contributed by atoms with Crippen LogP contribution in [0.2, 0.25) is 0 Å². The molecule has 140 valence electrons. The second-order valence-corrected chi connectivity index (χ2v) is 7.95. The lowest BCUT2D eigenvalue weighted by Gasteiger charge is -2.21. The molecule has 2 aromatic carbocycles. The predicted molar refractivity (Wildman–Crippen MR) is 94.6 cm³/mol. The van der Waals surface area contributed by atoms with Gasteiger partial charge in [-0.3, -0.25) is 4.79 Å². The molecule has 0 bridgehead atoms. The molecule has 0 aliphatic rings. The first-order valence-corrected chi connectivity index (χ1v) is 9.75. The van der Waals surface area contributed by atoms with Crippen LogP contribution in [0.1, 0.15) is 24.1 Å². The molecule has 0 aliphatic heterocycles. The number of hydrogen-bond acceptors (Lipinski definition) is 3. The van der Waals surface area contributed by atoms with E-state index in [0.29, 0.717) is 5.56 Å². The van der Waals surface area contributed by atoms with Gasteiger partial charge in [0.2, 0.25) is 15.9 Å². The van der Waals surface area contributed by atoms with Gasteiger partial charge in [0.1, 0.15) is 11.6 Å². The van der Waals surface area contributed by atoms with E-state index >= 15 is 0 Å². The number of halogens is 2. The summed E-state index contributed by atoms with van der Waals surface area (Å²) in [5, 5.41) is 2.66. The monoisotopic (exact) mass is 382 g/mol. The minimum Gasteiger partial charge on any atom is -0.348 e. The van der Waals surface area contributed by atoms with Crippen LogP contribution < -0.4 is 5.32 Å². The number of hydrogen-bond donors (Lipinski definition) is 1. The molecule has 0 unspecified atom stereocenters. The summed E-state index contributed by atoms with van der Waals surface area (Å²) in [5.74, 6) is -1.47. The summed E-state index contributed by atoms with van der Waals surface area (Å²) in [6, 6.07) is 11.0. The molecule has 0 saturated heterocycles. The largest absolute Gasteiger partial charge is 0.348 e. The number of nitrogens with one attached hydrogen (secondary N) is 1. The minimum absolute atomic E-state index is 0.178. The first-order valence-electron chi connectivity index (χ1n) is 7.90. The lowest BCUT2D eigenvalue weighted by atomic mass is 10.1. The molecule has 0 fully saturated rings. The van der Waals surface area contributed by atoms with Crippen molar-refractivity contribution in [3.8, 4) is 0 Å². The van der Waals surface area contributed by atoms with Crippen molar-refractivity contribution in [2.45, 2.75) is 19.5 Å². The summed E-state index contributed by atoms with van der Waals surface area (Å²) < 4.78 is 51.6. The molecule has 8 heteroatoms. The van der Waals surface area contributed by atoms with E-state index in [9.17, 15) is 22.0 Å². The molecule has 0 saturated carbocycles. The van der Waals surface area contributed by atoms with Crippen molar-refractivity contribution >= 4 is 15.9 Å². The minimum atomic E-state index is -3.72. The number of nitrogens with zero attached hydrogens (tertiary/aromatic N) is 1. The van der Waals surface area contributed by atoms with Crippen molar-refractivity contribution in [1.82, 2.24) is 9.62 Å². The number of carbonyl (C=O) groups excluding carboxylic acids is 1. The van der Waals surface area contributed by atoms with Crippen LogP contribution in [0.15, 0.2) is 48.5 Å². The van der Waals surface area contributed by atoms with Gasteiger partial charge < -0.3 is 5.32 Å². The van der Waals surface area contributed by atoms with Crippen LogP contribution >= 0.6 is 0 Å². The van der Waals surface area contributed by atoms with Gasteiger partial charge in [-0.2, -0.15) is 4.31 Å². The Labute approximate surface area is 151 Å². The maximum atomic E-state index is 13.8. The third kappa shape index (κ3) is 5.60. The SMILES string of the molecule is C[C@@H](NC(=O)CN(Cc1ccccc1F)S(C)(=O)=O)c1ccc(F)cc1. The van der Waals surface area contributed by atoms with Crippen LogP contribution in [0.5, 0.6) is 0 Å². The summed E-state index contributed by atoms with van der Waals surface area (Å²) >= 11 is 0. The van der Waals surface area contributed by atoms with Crippen molar-refractivity contribution in [3.63, 3.8) is 0 Å². The van der Waals surface area contributed by atoms with E-state index in [1.807, 2.05) is 0 Å². The maximum absolute atomic E-state index is 13.8. The van der Waals surface area contributed by atoms with Gasteiger partial charge in [0.05, 0.1) is 18.8 Å². The average molecular weight is 382 g/mol. The molecule has 2 aromatic rings. The molecule has 0 aromatic heterocycles. The van der Waals surface area contributed by atoms with E-state index < -0.39 is 34.3 Å². The van der Waals surface area contributed by atoms with Gasteiger partial charge in [-0.05, 0) is 30.7 Å². The van der Waals surface area contributed by atoms with Crippen LogP contribution in [-0.2, 0) is 21.4 Å². The van der Waals surface area contributed by atoms with Gasteiger partial charge in [-0.1, -0.05) is 30.3 Å². The van der Waals surface area contributed by atoms with Gasteiger partial charge >= 0.3 is 0 Å². The fourth-order valence-electron chi connectivity index (χ4n) is 2.39. The summed E-state index contributed by atoms with van der Waals surface area (Å²) in [4.78, 5) is 12.2. The maximum Gasteiger partial charge on any atom is 0.235 e. The molecule has 1 atom stereocenters. The number of benzene rings is 2. The molecule has 0 radical (unpaired) electrons. The summed E-state index contributed by atoms with van der Waals surface area (Å²) in [7, 11) is -3.72. The second kappa shape index (κ2) is 8.37. The summed E-state index contributed by atoms with van der Waals surface area (Å²) in [6.45, 7) is 1.01. The fraction of sp³-hybridized carbons (Fsp3) is 0.278. The van der Waals surface area contributed by atoms with E-state index in [1.165, 1.54) is 42.5 Å². The highest BCUT2D eigenvalue weighted by molar-refractivity contribution is 7.88. The van der Waals surface area contributed by atoms with Crippen molar-refractivity contribution < 1.29 is 22.0 Å². The Hall–Kier alpha value is -2.32. The van der Waals surface area contributed by atoms with E-state index in [1.54, 1.807) is 13.0 Å². The van der Waals surface area contributed by atoms with Crippen LogP contribution in [0.25, 0.3) is 0 Å². The molecule has 5 nitrogen and oxygen atoms in total. The Morgan fingerprint density at radius 2 is 1.73 bits per heavy atom. The highest BCUT2D eigenvalue weighted by Crippen LogP contribution is 2.14. The van der Waals surface area contributed by atoms with Crippen molar-refractivity contribution in [2.75, 3.05) is 12.8 Å². The zero-order valence-electron chi connectivity index (χ0n) is 14.4. The molecule has 0 aliphatic carbocycles. The zero-order valence-corrected chi connectivity index (χ0v) is 15.3. The zero-order chi connectivity index (χ0) is 19.3. The highest BCUT2D eigenvalue weighted by Gasteiger charge is 2.22. The normalized spacial score (nSPS) is 12.8. The molecule has 0 heterocycles. The van der Waals surface area contributed by atoms with E-state index in [-0.39, 0.29) is 17.9 Å². The third-order valence-electron chi connectivity index (χ3n) is 3.84. The summed E-state index contributed by atoms with van der Waals surface area (Å²) in [5.41, 5.74) is 0.858. The van der Waals surface area contributed by atoms with Crippen LogP contribution in [0, 0.1) is 11.6 Å². The quantitative estimate of drug-likeness (QED) is 0.801. The van der Waals surface area contributed by atoms with Gasteiger partial charge in [-0.25, -0.2) is 17.2 Å². The Morgan fingerprint density at radius 3 is 2.31 bits per heavy atom. The van der Waals surface area contributed by atoms with Gasteiger partial charge in [0, 0.05) is 12.1 Å². The molecular formula is C18H20F2N2O3S. The van der Waals surface area contributed by atoms with Gasteiger partial charge in [0.25, 0.3) is 0 Å². The smallest absolute Gasteiger partial charge is 0.235 e. The van der Waals surface area contributed by atoms with E-state index in [4.69, 9.17) is 0 Å². The Morgan fingerprint density at radius 1 is 1.12 bits per heavy atom. The lowest BCUT2D eigenvalue weighted by Crippen LogP contribution is -2.40. The summed E-state index contributed by atoms with van der Waals surface area (Å²) in [6.07, 6.45) is 0.963. The molecular weight excluding hydrogens is 362 g/mol. The standard InChI is InChI=1S/C18H20F2N2O3S/c1-13(14-7-9-16(19)10-8-14)21-18(23)12-22(26(2,24)25)11-15-5-3-4-6-17(15)20/h3-10,13H,11-12H2,1-2H3,(H,21,23)/t13-/m1/s1. The molecule has 2 rings (SSSR count). The van der Waals surface area contributed by atoms with Gasteiger partial charge in [-0.15, -0.1) is 0 Å². The predicted octanol–water partition coefficient (Wildman–Crippen LogP) is 2.60. The van der Waals surface area contributed by atoms with Crippen LogP contribution in [0.4, 0.5) is 8.78 Å². The van der Waals surface area contributed by atoms with E-state index in [0.717, 1.165) is 10.6 Å². The highest BCUT2D eigenvalue weighted by atomic mass is 32.2. The topological polar surface area (TPSA) is 66.5 Å². The number of amides is 1. The van der Waals surface area contributed by atoms with Crippen molar-refractivity contribution in [3.05, 3.63) is 71.3 Å². The number of sulfonamides is 1. The van der Waals surface area contributed by atoms with Crippen molar-refractivity contribution in [1.29, 1.82) is 0 Å². The first kappa shape index (κ1) is 20.0. The van der Waals surface area contributed by atoms with E-state index in [2.05, 4.69) is 5.32 Å². The Bertz CT molecular complexity index is 870. The molecule has 1 amide bonds. The van der Waals surface area contributed by atoms with Crippen LogP contribution in [-0.4, -0.2) is 31.4 Å². The number of rotatable bonds is 7. The average Bonchev–Trinajstić information content (AvgIpc) is 2.55. The third-order valence-corrected chi connectivity index (χ3v) is 5.04.